The zero-order valence-electron chi connectivity index (χ0n) is 18.4. The predicted octanol–water partition coefficient (Wildman–Crippen LogP) is 4.60. The minimum Gasteiger partial charge on any atom is -0.497 e. The molecule has 5 heteroatoms. The summed E-state index contributed by atoms with van der Waals surface area (Å²) in [4.78, 5) is 16.9. The Morgan fingerprint density at radius 3 is 2.58 bits per heavy atom. The Balaban J connectivity index is 1.42. The smallest absolute Gasteiger partial charge is 0.260 e. The molecule has 0 atom stereocenters. The Morgan fingerprint density at radius 1 is 1.06 bits per heavy atom. The molecule has 1 aromatic carbocycles. The summed E-state index contributed by atoms with van der Waals surface area (Å²) in [6, 6.07) is 12.0. The van der Waals surface area contributed by atoms with Gasteiger partial charge in [0.2, 0.25) is 0 Å². The molecule has 0 aliphatic heterocycles. The summed E-state index contributed by atoms with van der Waals surface area (Å²) in [6.07, 6.45) is 16.8. The van der Waals surface area contributed by atoms with E-state index in [4.69, 9.17) is 9.47 Å². The van der Waals surface area contributed by atoms with Crippen LogP contribution in [0.4, 0.5) is 0 Å². The Bertz CT molecular complexity index is 879. The number of methoxy groups -OCH3 is 2. The quantitative estimate of drug-likeness (QED) is 0.426. The molecule has 0 radical (unpaired) electrons. The van der Waals surface area contributed by atoms with Gasteiger partial charge in [0, 0.05) is 32.0 Å². The number of nitrogens with zero attached hydrogens (tertiary/aromatic N) is 1. The fraction of sp³-hybridized carbons (Fsp3) is 0.385. The number of benzene rings is 1. The molecule has 1 heterocycles. The van der Waals surface area contributed by atoms with E-state index in [0.717, 1.165) is 43.4 Å². The number of hydrogen-bond acceptors (Lipinski definition) is 4. The lowest BCUT2D eigenvalue weighted by Crippen LogP contribution is -2.46. The third-order valence-corrected chi connectivity index (χ3v) is 5.67. The molecule has 1 aliphatic rings. The van der Waals surface area contributed by atoms with Crippen molar-refractivity contribution in [3.63, 3.8) is 0 Å². The van der Waals surface area contributed by atoms with Gasteiger partial charge in [0.25, 0.3) is 5.91 Å². The lowest BCUT2D eigenvalue weighted by Gasteiger charge is -2.28. The van der Waals surface area contributed by atoms with Gasteiger partial charge < -0.3 is 14.8 Å². The molecule has 0 fully saturated rings. The summed E-state index contributed by atoms with van der Waals surface area (Å²) in [6.45, 7) is 0.651. The van der Waals surface area contributed by atoms with Crippen molar-refractivity contribution in [3.05, 3.63) is 84.2 Å². The van der Waals surface area contributed by atoms with Gasteiger partial charge in [-0.1, -0.05) is 43.2 Å². The summed E-state index contributed by atoms with van der Waals surface area (Å²) in [7, 11) is 3.23. The van der Waals surface area contributed by atoms with Crippen LogP contribution in [0.5, 0.6) is 5.75 Å². The van der Waals surface area contributed by atoms with E-state index in [0.29, 0.717) is 6.54 Å². The molecule has 5 nitrogen and oxygen atoms in total. The molecule has 0 bridgehead atoms. The molecule has 1 N–H and O–H groups in total. The van der Waals surface area contributed by atoms with Gasteiger partial charge in [-0.2, -0.15) is 0 Å². The number of unbranched alkanes of at least 4 members (excludes halogenated alkanes) is 3. The Morgan fingerprint density at radius 2 is 1.87 bits per heavy atom. The maximum absolute atomic E-state index is 12.8. The Hall–Kier alpha value is -2.92. The minimum absolute atomic E-state index is 0.0889. The van der Waals surface area contributed by atoms with E-state index in [1.54, 1.807) is 20.4 Å². The van der Waals surface area contributed by atoms with E-state index in [1.807, 2.05) is 54.8 Å². The molecule has 31 heavy (non-hydrogen) atoms. The molecule has 0 saturated heterocycles. The first-order chi connectivity index (χ1) is 15.2. The highest BCUT2D eigenvalue weighted by Gasteiger charge is 2.35. The standard InChI is InChI=1S/C26H32N2O3/c1-30-24-12-7-11-23(19-24)22-13-15-26(31-2,16-14-22)25(29)28-18-6-4-3-5-9-21-10-8-17-27-20-21/h7-8,10-17,19-20,22H,3-6,9,18H2,1-2H3,(H,28,29). The molecule has 0 saturated carbocycles. The maximum atomic E-state index is 12.8. The number of hydrogen-bond donors (Lipinski definition) is 1. The number of amides is 1. The lowest BCUT2D eigenvalue weighted by atomic mass is 9.87. The van der Waals surface area contributed by atoms with E-state index in [-0.39, 0.29) is 11.8 Å². The largest absolute Gasteiger partial charge is 0.497 e. The second kappa shape index (κ2) is 11.5. The van der Waals surface area contributed by atoms with Crippen LogP contribution >= 0.6 is 0 Å². The van der Waals surface area contributed by atoms with E-state index >= 15 is 0 Å². The number of allylic oxidation sites excluding steroid dienone is 2. The highest BCUT2D eigenvalue weighted by molar-refractivity contribution is 5.90. The van der Waals surface area contributed by atoms with Gasteiger partial charge >= 0.3 is 0 Å². The van der Waals surface area contributed by atoms with E-state index < -0.39 is 5.60 Å². The van der Waals surface area contributed by atoms with E-state index in [9.17, 15) is 4.79 Å². The number of aromatic nitrogens is 1. The van der Waals surface area contributed by atoms with Crippen molar-refractivity contribution in [1.29, 1.82) is 0 Å². The topological polar surface area (TPSA) is 60.5 Å². The average molecular weight is 421 g/mol. The van der Waals surface area contributed by atoms with Gasteiger partial charge in [0.1, 0.15) is 5.75 Å². The molecular formula is C26H32N2O3. The fourth-order valence-electron chi connectivity index (χ4n) is 3.76. The van der Waals surface area contributed by atoms with Crippen LogP contribution in [0.2, 0.25) is 0 Å². The van der Waals surface area contributed by atoms with Crippen LogP contribution in [0.3, 0.4) is 0 Å². The first-order valence-corrected chi connectivity index (χ1v) is 10.9. The molecular weight excluding hydrogens is 388 g/mol. The maximum Gasteiger partial charge on any atom is 0.260 e. The number of ether oxygens (including phenoxy) is 2. The minimum atomic E-state index is -1.05. The van der Waals surface area contributed by atoms with Crippen molar-refractivity contribution >= 4 is 5.91 Å². The zero-order chi connectivity index (χ0) is 21.9. The van der Waals surface area contributed by atoms with Crippen LogP contribution in [-0.2, 0) is 16.0 Å². The summed E-state index contributed by atoms with van der Waals surface area (Å²) in [5, 5.41) is 3.03. The molecule has 3 rings (SSSR count). The number of carbonyl (C=O) groups is 1. The number of rotatable bonds is 11. The molecule has 0 unspecified atom stereocenters. The molecule has 0 spiro atoms. The van der Waals surface area contributed by atoms with Crippen LogP contribution in [0.15, 0.2) is 73.1 Å². The highest BCUT2D eigenvalue weighted by Crippen LogP contribution is 2.30. The normalized spacial score (nSPS) is 19.9. The van der Waals surface area contributed by atoms with Gasteiger partial charge in [-0.25, -0.2) is 0 Å². The van der Waals surface area contributed by atoms with Crippen LogP contribution in [0.25, 0.3) is 0 Å². The third kappa shape index (κ3) is 6.28. The first-order valence-electron chi connectivity index (χ1n) is 10.9. The Kier molecular flexibility index (Phi) is 8.42. The highest BCUT2D eigenvalue weighted by atomic mass is 16.5. The van der Waals surface area contributed by atoms with Crippen LogP contribution in [0, 0.1) is 0 Å². The molecule has 1 amide bonds. The van der Waals surface area contributed by atoms with Crippen molar-refractivity contribution in [2.75, 3.05) is 20.8 Å². The van der Waals surface area contributed by atoms with Crippen LogP contribution < -0.4 is 10.1 Å². The van der Waals surface area contributed by atoms with Gasteiger partial charge in [-0.15, -0.1) is 0 Å². The van der Waals surface area contributed by atoms with Crippen LogP contribution in [0.1, 0.15) is 42.7 Å². The van der Waals surface area contributed by atoms with Gasteiger partial charge in [-0.05, 0) is 60.7 Å². The average Bonchev–Trinajstić information content (AvgIpc) is 2.84. The van der Waals surface area contributed by atoms with Gasteiger partial charge in [0.05, 0.1) is 7.11 Å². The number of aryl methyl sites for hydroxylation is 1. The monoisotopic (exact) mass is 420 g/mol. The molecule has 1 aromatic heterocycles. The fourth-order valence-corrected chi connectivity index (χ4v) is 3.76. The van der Waals surface area contributed by atoms with Crippen molar-refractivity contribution in [2.24, 2.45) is 0 Å². The second-order valence-electron chi connectivity index (χ2n) is 7.80. The summed E-state index contributed by atoms with van der Waals surface area (Å²) >= 11 is 0. The lowest BCUT2D eigenvalue weighted by molar-refractivity contribution is -0.134. The summed E-state index contributed by atoms with van der Waals surface area (Å²) in [5.74, 6) is 0.786. The van der Waals surface area contributed by atoms with Crippen molar-refractivity contribution < 1.29 is 14.3 Å². The molecule has 2 aromatic rings. The van der Waals surface area contributed by atoms with Crippen molar-refractivity contribution in [3.8, 4) is 5.75 Å². The number of carbonyl (C=O) groups excluding carboxylic acids is 1. The van der Waals surface area contributed by atoms with Crippen LogP contribution in [-0.4, -0.2) is 37.3 Å². The van der Waals surface area contributed by atoms with E-state index in [1.165, 1.54) is 5.56 Å². The SMILES string of the molecule is COc1cccc(C2C=CC(OC)(C(=O)NCCCCCCc3cccnc3)C=C2)c1. The third-order valence-electron chi connectivity index (χ3n) is 5.67. The van der Waals surface area contributed by atoms with Gasteiger partial charge in [-0.3, -0.25) is 9.78 Å². The predicted molar refractivity (Wildman–Crippen MR) is 123 cm³/mol. The Labute approximate surface area is 185 Å². The van der Waals surface area contributed by atoms with Crippen molar-refractivity contribution in [1.82, 2.24) is 10.3 Å². The van der Waals surface area contributed by atoms with Crippen molar-refractivity contribution in [2.45, 2.75) is 43.6 Å². The summed E-state index contributed by atoms with van der Waals surface area (Å²) in [5.41, 5.74) is 1.35. The summed E-state index contributed by atoms with van der Waals surface area (Å²) < 4.78 is 10.9. The molecule has 1 aliphatic carbocycles. The zero-order valence-corrected chi connectivity index (χ0v) is 18.4. The first kappa shape index (κ1) is 22.8. The number of pyridine rings is 1. The number of nitrogens with one attached hydrogen (secondary N) is 1. The second-order valence-corrected chi connectivity index (χ2v) is 7.80. The van der Waals surface area contributed by atoms with Gasteiger partial charge in [0.15, 0.2) is 5.60 Å². The molecule has 164 valence electrons. The van der Waals surface area contributed by atoms with E-state index in [2.05, 4.69) is 22.4 Å².